The van der Waals surface area contributed by atoms with E-state index in [9.17, 15) is 8.78 Å². The minimum absolute atomic E-state index is 0.00978. The van der Waals surface area contributed by atoms with Gasteiger partial charge in [-0.1, -0.05) is 12.8 Å². The molecule has 5 heteroatoms. The lowest BCUT2D eigenvalue weighted by atomic mass is 10.1. The Kier molecular flexibility index (Phi) is 4.93. The van der Waals surface area contributed by atoms with Crippen LogP contribution in [0.5, 0.6) is 5.88 Å². The highest BCUT2D eigenvalue weighted by atomic mass is 19.1. The van der Waals surface area contributed by atoms with Crippen LogP contribution in [0.15, 0.2) is 6.07 Å². The van der Waals surface area contributed by atoms with Crippen LogP contribution in [-0.4, -0.2) is 17.6 Å². The molecule has 0 aromatic carbocycles. The van der Waals surface area contributed by atoms with Gasteiger partial charge >= 0.3 is 0 Å². The third-order valence-corrected chi connectivity index (χ3v) is 3.32. The number of pyridine rings is 1. The zero-order valence-electron chi connectivity index (χ0n) is 11.2. The van der Waals surface area contributed by atoms with Crippen molar-refractivity contribution in [3.05, 3.63) is 17.7 Å². The predicted octanol–water partition coefficient (Wildman–Crippen LogP) is 3.89. The molecule has 106 valence electrons. The van der Waals surface area contributed by atoms with Gasteiger partial charge in [0.25, 0.3) is 5.88 Å². The molecule has 1 heterocycles. The van der Waals surface area contributed by atoms with E-state index in [4.69, 9.17) is 4.74 Å². The number of anilines is 1. The van der Waals surface area contributed by atoms with Crippen molar-refractivity contribution < 1.29 is 13.5 Å². The standard InChI is InChI=1S/C14H20F2N2O/c1-2-17-13-11(15)9-12(16)14(18-13)19-10-7-5-3-4-6-8-10/h9-10H,2-8H2,1H3,(H,17,18). The lowest BCUT2D eigenvalue weighted by Gasteiger charge is -2.17. The molecule has 1 N–H and O–H groups in total. The summed E-state index contributed by atoms with van der Waals surface area (Å²) >= 11 is 0. The molecule has 0 atom stereocenters. The van der Waals surface area contributed by atoms with Crippen molar-refractivity contribution >= 4 is 5.82 Å². The number of hydrogen-bond donors (Lipinski definition) is 1. The first-order chi connectivity index (χ1) is 9.20. The number of nitrogens with zero attached hydrogens (tertiary/aromatic N) is 1. The molecule has 0 aliphatic heterocycles. The van der Waals surface area contributed by atoms with Crippen molar-refractivity contribution in [3.8, 4) is 5.88 Å². The van der Waals surface area contributed by atoms with Crippen LogP contribution in [0, 0.1) is 11.6 Å². The Balaban J connectivity index is 2.11. The summed E-state index contributed by atoms with van der Waals surface area (Å²) in [7, 11) is 0. The Labute approximate surface area is 112 Å². The zero-order valence-corrected chi connectivity index (χ0v) is 11.2. The smallest absolute Gasteiger partial charge is 0.252 e. The minimum atomic E-state index is -0.733. The lowest BCUT2D eigenvalue weighted by Crippen LogP contribution is -2.17. The zero-order chi connectivity index (χ0) is 13.7. The maximum absolute atomic E-state index is 13.7. The molecule has 0 bridgehead atoms. The lowest BCUT2D eigenvalue weighted by molar-refractivity contribution is 0.167. The van der Waals surface area contributed by atoms with Gasteiger partial charge in [0.2, 0.25) is 0 Å². The molecule has 3 nitrogen and oxygen atoms in total. The van der Waals surface area contributed by atoms with E-state index in [0.717, 1.165) is 31.7 Å². The predicted molar refractivity (Wildman–Crippen MR) is 70.4 cm³/mol. The second kappa shape index (κ2) is 6.68. The van der Waals surface area contributed by atoms with Crippen LogP contribution < -0.4 is 10.1 Å². The van der Waals surface area contributed by atoms with Crippen LogP contribution >= 0.6 is 0 Å². The van der Waals surface area contributed by atoms with Crippen molar-refractivity contribution in [1.82, 2.24) is 4.98 Å². The first-order valence-corrected chi connectivity index (χ1v) is 6.97. The highest BCUT2D eigenvalue weighted by Gasteiger charge is 2.18. The summed E-state index contributed by atoms with van der Waals surface area (Å²) in [5.74, 6) is -1.47. The van der Waals surface area contributed by atoms with Crippen LogP contribution in [0.1, 0.15) is 45.4 Å². The van der Waals surface area contributed by atoms with Gasteiger partial charge < -0.3 is 10.1 Å². The highest BCUT2D eigenvalue weighted by Crippen LogP contribution is 2.26. The van der Waals surface area contributed by atoms with Crippen LogP contribution in [0.4, 0.5) is 14.6 Å². The third kappa shape index (κ3) is 3.78. The minimum Gasteiger partial charge on any atom is -0.472 e. The Morgan fingerprint density at radius 1 is 1.21 bits per heavy atom. The summed E-state index contributed by atoms with van der Waals surface area (Å²) in [6.45, 7) is 2.36. The van der Waals surface area contributed by atoms with Crippen LogP contribution in [0.2, 0.25) is 0 Å². The van der Waals surface area contributed by atoms with E-state index >= 15 is 0 Å². The van der Waals surface area contributed by atoms with Gasteiger partial charge in [0, 0.05) is 12.6 Å². The van der Waals surface area contributed by atoms with Gasteiger partial charge in [-0.05, 0) is 32.6 Å². The van der Waals surface area contributed by atoms with E-state index in [-0.39, 0.29) is 17.8 Å². The molecule has 0 amide bonds. The number of halogens is 2. The molecule has 1 aromatic heterocycles. The van der Waals surface area contributed by atoms with E-state index in [1.165, 1.54) is 12.8 Å². The first-order valence-electron chi connectivity index (χ1n) is 6.97. The molecule has 0 spiro atoms. The van der Waals surface area contributed by atoms with E-state index in [2.05, 4.69) is 10.3 Å². The van der Waals surface area contributed by atoms with Crippen molar-refractivity contribution in [1.29, 1.82) is 0 Å². The Morgan fingerprint density at radius 2 is 1.89 bits per heavy atom. The number of nitrogens with one attached hydrogen (secondary N) is 1. The fourth-order valence-corrected chi connectivity index (χ4v) is 2.34. The number of rotatable bonds is 4. The Morgan fingerprint density at radius 3 is 2.53 bits per heavy atom. The van der Waals surface area contributed by atoms with Gasteiger partial charge in [-0.25, -0.2) is 8.78 Å². The van der Waals surface area contributed by atoms with Crippen LogP contribution in [-0.2, 0) is 0 Å². The molecule has 0 radical (unpaired) electrons. The molecule has 19 heavy (non-hydrogen) atoms. The average molecular weight is 270 g/mol. The van der Waals surface area contributed by atoms with E-state index in [1.807, 2.05) is 6.92 Å². The maximum atomic E-state index is 13.7. The molecule has 1 aliphatic carbocycles. The summed E-state index contributed by atoms with van der Waals surface area (Å²) < 4.78 is 32.7. The van der Waals surface area contributed by atoms with Crippen molar-refractivity contribution in [2.75, 3.05) is 11.9 Å². The molecule has 1 aliphatic rings. The number of ether oxygens (including phenoxy) is 1. The van der Waals surface area contributed by atoms with Crippen molar-refractivity contribution in [2.45, 2.75) is 51.6 Å². The SMILES string of the molecule is CCNc1nc(OC2CCCCCC2)c(F)cc1F. The van der Waals surface area contributed by atoms with Gasteiger partial charge in [0.05, 0.1) is 0 Å². The van der Waals surface area contributed by atoms with Crippen molar-refractivity contribution in [2.24, 2.45) is 0 Å². The number of hydrogen-bond acceptors (Lipinski definition) is 3. The molecule has 0 saturated heterocycles. The van der Waals surface area contributed by atoms with Crippen molar-refractivity contribution in [3.63, 3.8) is 0 Å². The topological polar surface area (TPSA) is 34.2 Å². The maximum Gasteiger partial charge on any atom is 0.252 e. The van der Waals surface area contributed by atoms with Gasteiger partial charge in [-0.3, -0.25) is 0 Å². The van der Waals surface area contributed by atoms with E-state index in [0.29, 0.717) is 6.54 Å². The van der Waals surface area contributed by atoms with Crippen LogP contribution in [0.25, 0.3) is 0 Å². The van der Waals surface area contributed by atoms with Gasteiger partial charge in [0.1, 0.15) is 6.10 Å². The molecule has 1 fully saturated rings. The normalized spacial score (nSPS) is 17.0. The molecular weight excluding hydrogens is 250 g/mol. The monoisotopic (exact) mass is 270 g/mol. The second-order valence-corrected chi connectivity index (χ2v) is 4.87. The first kappa shape index (κ1) is 14.0. The fraction of sp³-hybridized carbons (Fsp3) is 0.643. The molecule has 0 unspecified atom stereocenters. The van der Waals surface area contributed by atoms with Gasteiger partial charge in [-0.15, -0.1) is 0 Å². The summed E-state index contributed by atoms with van der Waals surface area (Å²) in [5.41, 5.74) is 0. The summed E-state index contributed by atoms with van der Waals surface area (Å²) in [6.07, 6.45) is 6.39. The Bertz CT molecular complexity index is 418. The molecule has 1 saturated carbocycles. The van der Waals surface area contributed by atoms with E-state index in [1.54, 1.807) is 0 Å². The quantitative estimate of drug-likeness (QED) is 0.843. The molecule has 2 rings (SSSR count). The molecular formula is C14H20F2N2O. The highest BCUT2D eigenvalue weighted by molar-refractivity contribution is 5.39. The Hall–Kier alpha value is -1.39. The second-order valence-electron chi connectivity index (χ2n) is 4.87. The fourth-order valence-electron chi connectivity index (χ4n) is 2.34. The third-order valence-electron chi connectivity index (χ3n) is 3.32. The number of aromatic nitrogens is 1. The summed E-state index contributed by atoms with van der Waals surface area (Å²) in [5, 5.41) is 2.76. The van der Waals surface area contributed by atoms with E-state index < -0.39 is 11.6 Å². The summed E-state index contributed by atoms with van der Waals surface area (Å²) in [4.78, 5) is 3.90. The van der Waals surface area contributed by atoms with Crippen LogP contribution in [0.3, 0.4) is 0 Å². The largest absolute Gasteiger partial charge is 0.472 e. The van der Waals surface area contributed by atoms with Gasteiger partial charge in [0.15, 0.2) is 17.5 Å². The average Bonchev–Trinajstić information content (AvgIpc) is 2.64. The summed E-state index contributed by atoms with van der Waals surface area (Å²) in [6, 6.07) is 0.830. The molecule has 1 aromatic rings. The van der Waals surface area contributed by atoms with Gasteiger partial charge in [-0.2, -0.15) is 4.98 Å².